The molecule has 0 spiro atoms. The molecule has 0 aliphatic carbocycles. The Kier molecular flexibility index (Phi) is 8.92. The molecule has 3 heteroatoms. The number of rotatable bonds is 9. The Bertz CT molecular complexity index is 266. The number of carbonyl (C=O) groups excluding carboxylic acids is 1. The Balaban J connectivity index is 2.30. The SMILES string of the molecule is CC(C)CCC1CCCCN1C(=O)CCCCCCN. The molecule has 1 aliphatic rings. The van der Waals surface area contributed by atoms with Crippen LogP contribution in [0.15, 0.2) is 0 Å². The zero-order valence-electron chi connectivity index (χ0n) is 13.6. The lowest BCUT2D eigenvalue weighted by molar-refractivity contribution is -0.135. The molecule has 0 aromatic carbocycles. The lowest BCUT2D eigenvalue weighted by Crippen LogP contribution is -2.43. The maximum atomic E-state index is 12.4. The van der Waals surface area contributed by atoms with Crippen LogP contribution >= 0.6 is 0 Å². The smallest absolute Gasteiger partial charge is 0.222 e. The van der Waals surface area contributed by atoms with E-state index in [1.165, 1.54) is 38.5 Å². The van der Waals surface area contributed by atoms with Crippen LogP contribution in [0.25, 0.3) is 0 Å². The van der Waals surface area contributed by atoms with Gasteiger partial charge in [0.15, 0.2) is 0 Å². The van der Waals surface area contributed by atoms with Gasteiger partial charge in [-0.3, -0.25) is 4.79 Å². The Morgan fingerprint density at radius 1 is 1.20 bits per heavy atom. The summed E-state index contributed by atoms with van der Waals surface area (Å²) >= 11 is 0. The second-order valence-electron chi connectivity index (χ2n) is 6.66. The van der Waals surface area contributed by atoms with E-state index in [0.717, 1.165) is 44.7 Å². The van der Waals surface area contributed by atoms with Gasteiger partial charge in [0, 0.05) is 19.0 Å². The second-order valence-corrected chi connectivity index (χ2v) is 6.66. The Morgan fingerprint density at radius 2 is 1.95 bits per heavy atom. The summed E-state index contributed by atoms with van der Waals surface area (Å²) in [5.41, 5.74) is 5.49. The molecule has 1 saturated heterocycles. The van der Waals surface area contributed by atoms with Gasteiger partial charge >= 0.3 is 0 Å². The molecule has 3 nitrogen and oxygen atoms in total. The third-order valence-electron chi connectivity index (χ3n) is 4.37. The Labute approximate surface area is 125 Å². The number of likely N-dealkylation sites (tertiary alicyclic amines) is 1. The highest BCUT2D eigenvalue weighted by molar-refractivity contribution is 5.76. The molecule has 1 amide bonds. The third kappa shape index (κ3) is 6.74. The van der Waals surface area contributed by atoms with E-state index in [0.29, 0.717) is 11.9 Å². The van der Waals surface area contributed by atoms with Gasteiger partial charge in [0.1, 0.15) is 0 Å². The van der Waals surface area contributed by atoms with Crippen molar-refractivity contribution in [3.63, 3.8) is 0 Å². The molecule has 20 heavy (non-hydrogen) atoms. The molecule has 0 aromatic rings. The van der Waals surface area contributed by atoms with Crippen LogP contribution in [-0.2, 0) is 4.79 Å². The summed E-state index contributed by atoms with van der Waals surface area (Å²) in [4.78, 5) is 14.6. The van der Waals surface area contributed by atoms with E-state index < -0.39 is 0 Å². The number of unbranched alkanes of at least 4 members (excludes halogenated alkanes) is 3. The first kappa shape index (κ1) is 17.5. The van der Waals surface area contributed by atoms with Crippen molar-refractivity contribution in [2.24, 2.45) is 11.7 Å². The molecule has 0 bridgehead atoms. The fourth-order valence-corrected chi connectivity index (χ4v) is 3.07. The van der Waals surface area contributed by atoms with Crippen LogP contribution in [0.4, 0.5) is 0 Å². The topological polar surface area (TPSA) is 46.3 Å². The molecule has 1 aliphatic heterocycles. The van der Waals surface area contributed by atoms with E-state index >= 15 is 0 Å². The monoisotopic (exact) mass is 282 g/mol. The van der Waals surface area contributed by atoms with Crippen LogP contribution in [0.5, 0.6) is 0 Å². The van der Waals surface area contributed by atoms with Crippen molar-refractivity contribution >= 4 is 5.91 Å². The molecule has 1 fully saturated rings. The largest absolute Gasteiger partial charge is 0.340 e. The predicted octanol–water partition coefficient (Wildman–Crippen LogP) is 3.71. The summed E-state index contributed by atoms with van der Waals surface area (Å²) in [6.45, 7) is 6.31. The van der Waals surface area contributed by atoms with E-state index in [-0.39, 0.29) is 0 Å². The second kappa shape index (κ2) is 10.2. The van der Waals surface area contributed by atoms with E-state index in [1.807, 2.05) is 0 Å². The van der Waals surface area contributed by atoms with Crippen LogP contribution < -0.4 is 5.73 Å². The number of hydrogen-bond acceptors (Lipinski definition) is 2. The van der Waals surface area contributed by atoms with E-state index in [9.17, 15) is 4.79 Å². The van der Waals surface area contributed by atoms with Gasteiger partial charge in [-0.1, -0.05) is 26.7 Å². The molecule has 1 rings (SSSR count). The van der Waals surface area contributed by atoms with Crippen molar-refractivity contribution in [1.82, 2.24) is 4.90 Å². The number of nitrogens with two attached hydrogens (primary N) is 1. The Hall–Kier alpha value is -0.570. The number of amides is 1. The van der Waals surface area contributed by atoms with Crippen LogP contribution in [0.1, 0.15) is 78.1 Å². The first-order chi connectivity index (χ1) is 9.65. The van der Waals surface area contributed by atoms with Crippen LogP contribution in [0.3, 0.4) is 0 Å². The molecule has 118 valence electrons. The van der Waals surface area contributed by atoms with Gasteiger partial charge < -0.3 is 10.6 Å². The zero-order chi connectivity index (χ0) is 14.8. The molecule has 1 atom stereocenters. The van der Waals surface area contributed by atoms with Crippen molar-refractivity contribution in [1.29, 1.82) is 0 Å². The summed E-state index contributed by atoms with van der Waals surface area (Å²) in [6, 6.07) is 0.516. The van der Waals surface area contributed by atoms with Gasteiger partial charge in [0.25, 0.3) is 0 Å². The predicted molar refractivity (Wildman–Crippen MR) is 85.6 cm³/mol. The van der Waals surface area contributed by atoms with Crippen LogP contribution in [0.2, 0.25) is 0 Å². The first-order valence-corrected chi connectivity index (χ1v) is 8.64. The standard InChI is InChI=1S/C17H34N2O/c1-15(2)11-12-16-9-6-8-14-19(16)17(20)10-5-3-4-7-13-18/h15-16H,3-14,18H2,1-2H3. The van der Waals surface area contributed by atoms with Gasteiger partial charge in [-0.15, -0.1) is 0 Å². The van der Waals surface area contributed by atoms with Crippen molar-refractivity contribution in [3.05, 3.63) is 0 Å². The normalized spacial score (nSPS) is 19.6. The average Bonchev–Trinajstić information content (AvgIpc) is 2.45. The molecule has 1 unspecified atom stereocenters. The van der Waals surface area contributed by atoms with Gasteiger partial charge in [0.2, 0.25) is 5.91 Å². The van der Waals surface area contributed by atoms with Crippen molar-refractivity contribution in [3.8, 4) is 0 Å². The van der Waals surface area contributed by atoms with Gasteiger partial charge in [-0.25, -0.2) is 0 Å². The summed E-state index contributed by atoms with van der Waals surface area (Å²) in [5.74, 6) is 1.14. The van der Waals surface area contributed by atoms with Crippen molar-refractivity contribution in [2.45, 2.75) is 84.1 Å². The number of piperidine rings is 1. The minimum Gasteiger partial charge on any atom is -0.340 e. The summed E-state index contributed by atoms with van der Waals surface area (Å²) in [5, 5.41) is 0. The van der Waals surface area contributed by atoms with E-state index in [2.05, 4.69) is 18.7 Å². The van der Waals surface area contributed by atoms with Gasteiger partial charge in [-0.2, -0.15) is 0 Å². The van der Waals surface area contributed by atoms with Crippen LogP contribution in [-0.4, -0.2) is 29.9 Å². The molecule has 0 saturated carbocycles. The first-order valence-electron chi connectivity index (χ1n) is 8.64. The minimum absolute atomic E-state index is 0.395. The quantitative estimate of drug-likeness (QED) is 0.655. The molecule has 1 heterocycles. The lowest BCUT2D eigenvalue weighted by Gasteiger charge is -2.36. The highest BCUT2D eigenvalue weighted by Gasteiger charge is 2.25. The minimum atomic E-state index is 0.395. The summed E-state index contributed by atoms with van der Waals surface area (Å²) in [7, 11) is 0. The maximum Gasteiger partial charge on any atom is 0.222 e. The third-order valence-corrected chi connectivity index (χ3v) is 4.37. The molecular formula is C17H34N2O. The summed E-state index contributed by atoms with van der Waals surface area (Å²) in [6.07, 6.45) is 11.3. The van der Waals surface area contributed by atoms with Crippen LogP contribution in [0, 0.1) is 5.92 Å². The Morgan fingerprint density at radius 3 is 2.65 bits per heavy atom. The maximum absolute atomic E-state index is 12.4. The molecule has 2 N–H and O–H groups in total. The highest BCUT2D eigenvalue weighted by Crippen LogP contribution is 2.23. The van der Waals surface area contributed by atoms with Gasteiger partial charge in [0.05, 0.1) is 0 Å². The van der Waals surface area contributed by atoms with E-state index in [1.54, 1.807) is 0 Å². The van der Waals surface area contributed by atoms with E-state index in [4.69, 9.17) is 5.73 Å². The van der Waals surface area contributed by atoms with Crippen molar-refractivity contribution in [2.75, 3.05) is 13.1 Å². The number of carbonyl (C=O) groups is 1. The van der Waals surface area contributed by atoms with Crippen molar-refractivity contribution < 1.29 is 4.79 Å². The highest BCUT2D eigenvalue weighted by atomic mass is 16.2. The average molecular weight is 282 g/mol. The molecule has 0 radical (unpaired) electrons. The number of hydrogen-bond donors (Lipinski definition) is 1. The zero-order valence-corrected chi connectivity index (χ0v) is 13.6. The lowest BCUT2D eigenvalue weighted by atomic mass is 9.94. The summed E-state index contributed by atoms with van der Waals surface area (Å²) < 4.78 is 0. The fraction of sp³-hybridized carbons (Fsp3) is 0.941. The number of nitrogens with zero attached hydrogens (tertiary/aromatic N) is 1. The van der Waals surface area contributed by atoms with Gasteiger partial charge in [-0.05, 0) is 57.4 Å². The molecule has 0 aromatic heterocycles. The fourth-order valence-electron chi connectivity index (χ4n) is 3.07. The molecular weight excluding hydrogens is 248 g/mol.